The molecule has 0 bridgehead atoms. The molecule has 1 aliphatic heterocycles. The molecule has 0 radical (unpaired) electrons. The summed E-state index contributed by atoms with van der Waals surface area (Å²) in [6.45, 7) is -0.653. The Bertz CT molecular complexity index is 1290. The summed E-state index contributed by atoms with van der Waals surface area (Å²) >= 11 is 0. The van der Waals surface area contributed by atoms with Crippen LogP contribution in [0, 0.1) is 12.3 Å². The van der Waals surface area contributed by atoms with E-state index in [4.69, 9.17) is 30.1 Å². The Labute approximate surface area is 225 Å². The lowest BCUT2D eigenvalue weighted by Crippen LogP contribution is -2.62. The quantitative estimate of drug-likeness (QED) is 0.253. The molecule has 1 fully saturated rings. The van der Waals surface area contributed by atoms with Crippen molar-refractivity contribution in [3.8, 4) is 12.3 Å². The normalized spacial score (nSPS) is 22.2. The monoisotopic (exact) mass is 530 g/mol. The number of hydrogen-bond acceptors (Lipinski definition) is 9. The average Bonchev–Trinajstić information content (AvgIpc) is 2.99. The van der Waals surface area contributed by atoms with Crippen LogP contribution in [0.4, 0.5) is 0 Å². The predicted molar refractivity (Wildman–Crippen MR) is 137 cm³/mol. The Kier molecular flexibility index (Phi) is 9.43. The van der Waals surface area contributed by atoms with E-state index in [1.54, 1.807) is 66.7 Å². The predicted octanol–water partition coefficient (Wildman–Crippen LogP) is 3.03. The summed E-state index contributed by atoms with van der Waals surface area (Å²) in [4.78, 5) is 38.4. The maximum Gasteiger partial charge on any atom is 0.338 e. The smallest absolute Gasteiger partial charge is 0.338 e. The second kappa shape index (κ2) is 13.3. The molecule has 1 aliphatic rings. The number of carbonyl (C=O) groups is 3. The van der Waals surface area contributed by atoms with Crippen molar-refractivity contribution in [2.45, 2.75) is 30.7 Å². The van der Waals surface area contributed by atoms with Crippen molar-refractivity contribution in [3.05, 3.63) is 108 Å². The van der Waals surface area contributed by atoms with E-state index in [-0.39, 0.29) is 17.7 Å². The summed E-state index contributed by atoms with van der Waals surface area (Å²) in [5, 5.41) is 11.2. The third-order valence-electron chi connectivity index (χ3n) is 5.84. The molecule has 3 aromatic carbocycles. The Morgan fingerprint density at radius 1 is 0.744 bits per heavy atom. The van der Waals surface area contributed by atoms with Crippen LogP contribution in [0.1, 0.15) is 31.1 Å². The second-order valence-electron chi connectivity index (χ2n) is 8.49. The Morgan fingerprint density at radius 2 is 1.21 bits per heavy atom. The zero-order valence-corrected chi connectivity index (χ0v) is 20.8. The maximum absolute atomic E-state index is 13.0. The number of hydrogen-bond donors (Lipinski definition) is 1. The van der Waals surface area contributed by atoms with E-state index < -0.39 is 55.2 Å². The number of carbonyl (C=O) groups excluding carboxylic acids is 3. The van der Waals surface area contributed by atoms with Gasteiger partial charge in [0.2, 0.25) is 0 Å². The van der Waals surface area contributed by atoms with Gasteiger partial charge in [0.1, 0.15) is 25.4 Å². The van der Waals surface area contributed by atoms with Crippen molar-refractivity contribution < 1.29 is 43.2 Å². The summed E-state index contributed by atoms with van der Waals surface area (Å²) in [7, 11) is 0. The number of rotatable bonds is 9. The molecule has 0 aliphatic carbocycles. The molecule has 0 unspecified atom stereocenters. The van der Waals surface area contributed by atoms with E-state index in [1.165, 1.54) is 24.3 Å². The molecule has 9 nitrogen and oxygen atoms in total. The molecule has 0 spiro atoms. The molecular weight excluding hydrogens is 504 g/mol. The highest BCUT2D eigenvalue weighted by Crippen LogP contribution is 2.29. The Balaban J connectivity index is 1.59. The molecule has 1 saturated heterocycles. The first-order valence-corrected chi connectivity index (χ1v) is 12.1. The molecule has 0 saturated carbocycles. The van der Waals surface area contributed by atoms with Gasteiger partial charge < -0.3 is 28.8 Å². The standard InChI is InChI=1S/C30H26O9/c1-2-18-35-30-26(39-29(34)22-16-10-5-11-17-22)25(38-28(33)21-14-8-4-9-15-21)24(31)23(37-30)19-36-27(32)20-12-6-3-7-13-20/h1,3-17,23-26,30-31H,18-19H2/t23-,24+,25+,26-,30-/m1/s1. The van der Waals surface area contributed by atoms with Gasteiger partial charge in [0, 0.05) is 0 Å². The highest BCUT2D eigenvalue weighted by Gasteiger charge is 2.51. The molecule has 200 valence electrons. The summed E-state index contributed by atoms with van der Waals surface area (Å²) < 4.78 is 28.1. The fourth-order valence-corrected chi connectivity index (χ4v) is 3.90. The van der Waals surface area contributed by atoms with Crippen LogP contribution < -0.4 is 0 Å². The number of aliphatic hydroxyl groups excluding tert-OH is 1. The van der Waals surface area contributed by atoms with Crippen molar-refractivity contribution in [2.24, 2.45) is 0 Å². The first kappa shape index (κ1) is 27.5. The fourth-order valence-electron chi connectivity index (χ4n) is 3.90. The third-order valence-corrected chi connectivity index (χ3v) is 5.84. The maximum atomic E-state index is 13.0. The lowest BCUT2D eigenvalue weighted by Gasteiger charge is -2.42. The summed E-state index contributed by atoms with van der Waals surface area (Å²) in [5.41, 5.74) is 0.719. The molecule has 39 heavy (non-hydrogen) atoms. The van der Waals surface area contributed by atoms with Gasteiger partial charge in [-0.2, -0.15) is 0 Å². The average molecular weight is 531 g/mol. The topological polar surface area (TPSA) is 118 Å². The molecule has 1 heterocycles. The fraction of sp³-hybridized carbons (Fsp3) is 0.233. The van der Waals surface area contributed by atoms with Crippen LogP contribution in [0.25, 0.3) is 0 Å². The van der Waals surface area contributed by atoms with Crippen LogP contribution in [-0.4, -0.2) is 66.9 Å². The van der Waals surface area contributed by atoms with Gasteiger partial charge in [-0.3, -0.25) is 0 Å². The van der Waals surface area contributed by atoms with Crippen molar-refractivity contribution >= 4 is 17.9 Å². The van der Waals surface area contributed by atoms with Crippen LogP contribution in [0.15, 0.2) is 91.0 Å². The van der Waals surface area contributed by atoms with Gasteiger partial charge in [-0.25, -0.2) is 14.4 Å². The lowest BCUT2D eigenvalue weighted by atomic mass is 9.98. The van der Waals surface area contributed by atoms with Crippen LogP contribution in [0.2, 0.25) is 0 Å². The van der Waals surface area contributed by atoms with Crippen LogP contribution in [-0.2, 0) is 23.7 Å². The van der Waals surface area contributed by atoms with E-state index in [2.05, 4.69) is 5.92 Å². The van der Waals surface area contributed by atoms with E-state index in [9.17, 15) is 19.5 Å². The van der Waals surface area contributed by atoms with Crippen molar-refractivity contribution in [2.75, 3.05) is 13.2 Å². The molecule has 4 rings (SSSR count). The number of benzene rings is 3. The molecule has 3 aromatic rings. The largest absolute Gasteiger partial charge is 0.459 e. The van der Waals surface area contributed by atoms with Crippen LogP contribution in [0.5, 0.6) is 0 Å². The molecule has 9 heteroatoms. The highest BCUT2D eigenvalue weighted by molar-refractivity contribution is 5.90. The number of esters is 3. The third kappa shape index (κ3) is 7.09. The summed E-state index contributed by atoms with van der Waals surface area (Å²) in [5.74, 6) is 0.108. The van der Waals surface area contributed by atoms with Crippen molar-refractivity contribution in [1.82, 2.24) is 0 Å². The first-order valence-electron chi connectivity index (χ1n) is 12.1. The minimum absolute atomic E-state index is 0.206. The minimum atomic E-state index is -1.57. The van der Waals surface area contributed by atoms with Crippen molar-refractivity contribution in [1.29, 1.82) is 0 Å². The number of terminal acetylenes is 1. The minimum Gasteiger partial charge on any atom is -0.459 e. The Morgan fingerprint density at radius 3 is 1.69 bits per heavy atom. The van der Waals surface area contributed by atoms with Gasteiger partial charge in [0.05, 0.1) is 16.7 Å². The number of aliphatic hydroxyl groups is 1. The van der Waals surface area contributed by atoms with Gasteiger partial charge in [-0.15, -0.1) is 6.42 Å². The van der Waals surface area contributed by atoms with E-state index in [0.29, 0.717) is 5.56 Å². The van der Waals surface area contributed by atoms with Crippen LogP contribution in [0.3, 0.4) is 0 Å². The Hall–Kier alpha value is -4.49. The molecular formula is C30H26O9. The molecule has 5 atom stereocenters. The summed E-state index contributed by atoms with van der Waals surface area (Å²) in [6, 6.07) is 24.4. The van der Waals surface area contributed by atoms with Crippen molar-refractivity contribution in [3.63, 3.8) is 0 Å². The van der Waals surface area contributed by atoms with E-state index in [1.807, 2.05) is 0 Å². The van der Waals surface area contributed by atoms with Gasteiger partial charge in [0.15, 0.2) is 18.5 Å². The molecule has 0 aromatic heterocycles. The second-order valence-corrected chi connectivity index (χ2v) is 8.49. The zero-order chi connectivity index (χ0) is 27.6. The zero-order valence-electron chi connectivity index (χ0n) is 20.8. The van der Waals surface area contributed by atoms with E-state index in [0.717, 1.165) is 0 Å². The van der Waals surface area contributed by atoms with E-state index >= 15 is 0 Å². The van der Waals surface area contributed by atoms with Gasteiger partial charge >= 0.3 is 17.9 Å². The lowest BCUT2D eigenvalue weighted by molar-refractivity contribution is -0.296. The first-order chi connectivity index (χ1) is 19.0. The SMILES string of the molecule is C#CCO[C@@H]1O[C@H](COC(=O)c2ccccc2)[C@H](O)[C@H](OC(=O)c2ccccc2)[C@H]1OC(=O)c1ccccc1. The van der Waals surface area contributed by atoms with Crippen LogP contribution >= 0.6 is 0 Å². The van der Waals surface area contributed by atoms with Gasteiger partial charge in [0.25, 0.3) is 0 Å². The number of ether oxygens (including phenoxy) is 5. The molecule has 0 amide bonds. The highest BCUT2D eigenvalue weighted by atomic mass is 16.7. The van der Waals surface area contributed by atoms with Gasteiger partial charge in [-0.1, -0.05) is 60.5 Å². The molecule has 1 N–H and O–H groups in total. The van der Waals surface area contributed by atoms with Gasteiger partial charge in [-0.05, 0) is 36.4 Å². The summed E-state index contributed by atoms with van der Waals surface area (Å²) in [6.07, 6.45) is -1.64.